The number of benzene rings is 1. The second-order valence-corrected chi connectivity index (χ2v) is 7.39. The molecular formula is C17H24N2. The lowest BCUT2D eigenvalue weighted by Crippen LogP contribution is -2.62. The number of nitrogens with two attached hydrogens (primary N) is 1. The van der Waals surface area contributed by atoms with E-state index in [4.69, 9.17) is 5.73 Å². The minimum atomic E-state index is 0.422. The standard InChI is InChI=1S/C17H24N2/c1-19-17-9-12-6-13(10-17)8-16(7-12,11-17)14-2-4-15(18)5-3-14/h2-5,12-13,19H,6-11,18H2,1H3. The molecule has 0 heterocycles. The lowest BCUT2D eigenvalue weighted by Gasteiger charge is -2.62. The van der Waals surface area contributed by atoms with Crippen LogP contribution >= 0.6 is 0 Å². The van der Waals surface area contributed by atoms with Gasteiger partial charge in [0.1, 0.15) is 0 Å². The molecule has 102 valence electrons. The molecule has 2 atom stereocenters. The molecule has 0 saturated heterocycles. The van der Waals surface area contributed by atoms with Gasteiger partial charge >= 0.3 is 0 Å². The van der Waals surface area contributed by atoms with E-state index in [9.17, 15) is 0 Å². The number of nitrogen functional groups attached to an aromatic ring is 1. The molecule has 4 fully saturated rings. The Morgan fingerprint density at radius 1 is 1.05 bits per heavy atom. The molecule has 2 unspecified atom stereocenters. The zero-order valence-corrected chi connectivity index (χ0v) is 11.8. The summed E-state index contributed by atoms with van der Waals surface area (Å²) in [5.41, 5.74) is 9.13. The summed E-state index contributed by atoms with van der Waals surface area (Å²) in [5.74, 6) is 1.87. The summed E-state index contributed by atoms with van der Waals surface area (Å²) < 4.78 is 0. The van der Waals surface area contributed by atoms with Gasteiger partial charge in [0.05, 0.1) is 0 Å². The Morgan fingerprint density at radius 2 is 1.68 bits per heavy atom. The van der Waals surface area contributed by atoms with Gasteiger partial charge in [0, 0.05) is 11.2 Å². The van der Waals surface area contributed by atoms with Gasteiger partial charge in [-0.1, -0.05) is 12.1 Å². The highest BCUT2D eigenvalue weighted by molar-refractivity contribution is 5.43. The summed E-state index contributed by atoms with van der Waals surface area (Å²) in [4.78, 5) is 0. The quantitative estimate of drug-likeness (QED) is 0.798. The van der Waals surface area contributed by atoms with E-state index < -0.39 is 0 Å². The van der Waals surface area contributed by atoms with E-state index in [2.05, 4.69) is 36.6 Å². The normalized spacial score (nSPS) is 43.6. The summed E-state index contributed by atoms with van der Waals surface area (Å²) >= 11 is 0. The largest absolute Gasteiger partial charge is 0.399 e. The Kier molecular flexibility index (Phi) is 2.33. The fourth-order valence-electron chi connectivity index (χ4n) is 5.73. The van der Waals surface area contributed by atoms with Crippen molar-refractivity contribution >= 4 is 5.69 Å². The molecule has 0 spiro atoms. The SMILES string of the molecule is CNC12CC3CC(C1)CC(c1ccc(N)cc1)(C3)C2. The molecule has 4 aliphatic rings. The van der Waals surface area contributed by atoms with Crippen LogP contribution in [0.1, 0.15) is 44.1 Å². The lowest BCUT2D eigenvalue weighted by molar-refractivity contribution is -0.0373. The third-order valence-corrected chi connectivity index (χ3v) is 6.11. The second-order valence-electron chi connectivity index (χ2n) is 7.39. The highest BCUT2D eigenvalue weighted by Gasteiger charge is 2.57. The molecule has 5 rings (SSSR count). The van der Waals surface area contributed by atoms with Crippen molar-refractivity contribution in [2.75, 3.05) is 12.8 Å². The third kappa shape index (κ3) is 1.66. The Bertz CT molecular complexity index is 476. The van der Waals surface area contributed by atoms with Gasteiger partial charge < -0.3 is 11.1 Å². The van der Waals surface area contributed by atoms with Gasteiger partial charge in [-0.3, -0.25) is 0 Å². The van der Waals surface area contributed by atoms with Crippen LogP contribution in [0.25, 0.3) is 0 Å². The Hall–Kier alpha value is -1.02. The van der Waals surface area contributed by atoms with E-state index in [0.29, 0.717) is 11.0 Å². The molecule has 4 saturated carbocycles. The summed E-state index contributed by atoms with van der Waals surface area (Å²) in [6, 6.07) is 8.73. The van der Waals surface area contributed by atoms with Gasteiger partial charge in [-0.2, -0.15) is 0 Å². The van der Waals surface area contributed by atoms with Crippen LogP contribution in [0.3, 0.4) is 0 Å². The molecule has 4 aliphatic carbocycles. The first kappa shape index (κ1) is 11.8. The zero-order chi connectivity index (χ0) is 13.1. The molecule has 1 aromatic carbocycles. The lowest BCUT2D eigenvalue weighted by atomic mass is 9.45. The maximum absolute atomic E-state index is 5.86. The van der Waals surface area contributed by atoms with E-state index >= 15 is 0 Å². The minimum absolute atomic E-state index is 0.422. The van der Waals surface area contributed by atoms with Crippen LogP contribution in [0.4, 0.5) is 5.69 Å². The van der Waals surface area contributed by atoms with E-state index in [1.807, 2.05) is 0 Å². The smallest absolute Gasteiger partial charge is 0.0314 e. The number of rotatable bonds is 2. The second kappa shape index (κ2) is 3.76. The number of hydrogen-bond acceptors (Lipinski definition) is 2. The van der Waals surface area contributed by atoms with E-state index in [1.54, 1.807) is 0 Å². The first-order valence-corrected chi connectivity index (χ1v) is 7.68. The van der Waals surface area contributed by atoms with Crippen LogP contribution in [0.15, 0.2) is 24.3 Å². The van der Waals surface area contributed by atoms with Crippen LogP contribution in [0, 0.1) is 11.8 Å². The van der Waals surface area contributed by atoms with Crippen LogP contribution in [-0.4, -0.2) is 12.6 Å². The summed E-state index contributed by atoms with van der Waals surface area (Å²) in [6.45, 7) is 0. The summed E-state index contributed by atoms with van der Waals surface area (Å²) in [6.07, 6.45) is 8.40. The molecule has 0 radical (unpaired) electrons. The van der Waals surface area contributed by atoms with Crippen molar-refractivity contribution in [3.8, 4) is 0 Å². The van der Waals surface area contributed by atoms with E-state index in [1.165, 1.54) is 44.1 Å². The monoisotopic (exact) mass is 256 g/mol. The van der Waals surface area contributed by atoms with Gasteiger partial charge in [0.2, 0.25) is 0 Å². The van der Waals surface area contributed by atoms with Gasteiger partial charge in [0.25, 0.3) is 0 Å². The highest BCUT2D eigenvalue weighted by Crippen LogP contribution is 2.62. The van der Waals surface area contributed by atoms with E-state index in [-0.39, 0.29) is 0 Å². The van der Waals surface area contributed by atoms with Crippen molar-refractivity contribution in [1.29, 1.82) is 0 Å². The highest BCUT2D eigenvalue weighted by atomic mass is 15.0. The molecule has 2 heteroatoms. The molecule has 0 aromatic heterocycles. The molecular weight excluding hydrogens is 232 g/mol. The van der Waals surface area contributed by atoms with Gasteiger partial charge in [0.15, 0.2) is 0 Å². The maximum atomic E-state index is 5.86. The first-order chi connectivity index (χ1) is 9.13. The molecule has 0 amide bonds. The average molecular weight is 256 g/mol. The molecule has 1 aromatic rings. The summed E-state index contributed by atoms with van der Waals surface area (Å²) in [7, 11) is 2.17. The zero-order valence-electron chi connectivity index (χ0n) is 11.8. The predicted molar refractivity (Wildman–Crippen MR) is 79.0 cm³/mol. The van der Waals surface area contributed by atoms with Crippen molar-refractivity contribution < 1.29 is 0 Å². The topological polar surface area (TPSA) is 38.0 Å². The van der Waals surface area contributed by atoms with Crippen LogP contribution in [0.2, 0.25) is 0 Å². The Labute approximate surface area is 115 Å². The van der Waals surface area contributed by atoms with E-state index in [0.717, 1.165) is 17.5 Å². The molecule has 19 heavy (non-hydrogen) atoms. The summed E-state index contributed by atoms with van der Waals surface area (Å²) in [5, 5.41) is 3.69. The van der Waals surface area contributed by atoms with Crippen LogP contribution < -0.4 is 11.1 Å². The number of anilines is 1. The average Bonchev–Trinajstić information content (AvgIpc) is 2.38. The van der Waals surface area contributed by atoms with Gasteiger partial charge in [-0.25, -0.2) is 0 Å². The van der Waals surface area contributed by atoms with Crippen molar-refractivity contribution in [2.45, 2.75) is 49.5 Å². The number of hydrogen-bond donors (Lipinski definition) is 2. The van der Waals surface area contributed by atoms with Crippen molar-refractivity contribution in [1.82, 2.24) is 5.32 Å². The minimum Gasteiger partial charge on any atom is -0.399 e. The van der Waals surface area contributed by atoms with Gasteiger partial charge in [-0.05, 0) is 80.5 Å². The van der Waals surface area contributed by atoms with Crippen LogP contribution in [-0.2, 0) is 5.41 Å². The predicted octanol–water partition coefficient (Wildman–Crippen LogP) is 3.08. The molecule has 0 aliphatic heterocycles. The first-order valence-electron chi connectivity index (χ1n) is 7.68. The van der Waals surface area contributed by atoms with Crippen LogP contribution in [0.5, 0.6) is 0 Å². The number of nitrogens with one attached hydrogen (secondary N) is 1. The fraction of sp³-hybridized carbons (Fsp3) is 0.647. The Morgan fingerprint density at radius 3 is 2.26 bits per heavy atom. The maximum Gasteiger partial charge on any atom is 0.0314 e. The fourth-order valence-corrected chi connectivity index (χ4v) is 5.73. The van der Waals surface area contributed by atoms with Crippen molar-refractivity contribution in [3.63, 3.8) is 0 Å². The molecule has 2 nitrogen and oxygen atoms in total. The molecule has 3 N–H and O–H groups in total. The van der Waals surface area contributed by atoms with Gasteiger partial charge in [-0.15, -0.1) is 0 Å². The van der Waals surface area contributed by atoms with Crippen molar-refractivity contribution in [3.05, 3.63) is 29.8 Å². The van der Waals surface area contributed by atoms with Crippen molar-refractivity contribution in [2.24, 2.45) is 11.8 Å². The third-order valence-electron chi connectivity index (χ3n) is 6.11. The Balaban J connectivity index is 1.76. The molecule has 4 bridgehead atoms.